The summed E-state index contributed by atoms with van der Waals surface area (Å²) in [5.74, 6) is -1.48. The smallest absolute Gasteiger partial charge is 0.389 e. The van der Waals surface area contributed by atoms with E-state index >= 15 is 0 Å². The molecule has 0 bridgehead atoms. The molecule has 2 amide bonds. The van der Waals surface area contributed by atoms with Crippen LogP contribution < -0.4 is 10.6 Å². The van der Waals surface area contributed by atoms with E-state index in [1.165, 1.54) is 55.6 Å². The summed E-state index contributed by atoms with van der Waals surface area (Å²) in [5, 5.41) is 14.3. The van der Waals surface area contributed by atoms with Crippen LogP contribution in [0.3, 0.4) is 0 Å². The van der Waals surface area contributed by atoms with Crippen molar-refractivity contribution >= 4 is 22.9 Å². The second kappa shape index (κ2) is 14.0. The number of rotatable bonds is 6. The molecule has 0 unspecified atom stereocenters. The van der Waals surface area contributed by atoms with Crippen molar-refractivity contribution in [3.63, 3.8) is 0 Å². The van der Waals surface area contributed by atoms with Gasteiger partial charge in [0.25, 0.3) is 11.8 Å². The lowest BCUT2D eigenvalue weighted by Gasteiger charge is -2.20. The number of carbonyl (C=O) groups is 2. The van der Waals surface area contributed by atoms with Crippen LogP contribution in [0.5, 0.6) is 5.75 Å². The normalized spacial score (nSPS) is 11.5. The van der Waals surface area contributed by atoms with Gasteiger partial charge in [-0.15, -0.1) is 0 Å². The van der Waals surface area contributed by atoms with E-state index in [0.29, 0.717) is 22.3 Å². The molecule has 3 N–H and O–H groups in total. The summed E-state index contributed by atoms with van der Waals surface area (Å²) < 4.78 is 71.0. The van der Waals surface area contributed by atoms with Crippen LogP contribution >= 0.6 is 0 Å². The average molecular weight is 654 g/mol. The highest BCUT2D eigenvalue weighted by molar-refractivity contribution is 6.11. The third-order valence-corrected chi connectivity index (χ3v) is 6.72. The van der Waals surface area contributed by atoms with Gasteiger partial charge in [0.1, 0.15) is 23.1 Å². The summed E-state index contributed by atoms with van der Waals surface area (Å²) in [5.41, 5.74) is 1.16. The molecular weight excluding hydrogens is 621 g/mol. The number of carbonyl (C=O) groups excluding carboxylic acids is 2. The van der Waals surface area contributed by atoms with Crippen molar-refractivity contribution in [1.29, 1.82) is 0 Å². The number of alkyl halides is 3. The van der Waals surface area contributed by atoms with E-state index in [0.717, 1.165) is 0 Å². The van der Waals surface area contributed by atoms with Crippen LogP contribution in [0.2, 0.25) is 0 Å². The fourth-order valence-electron chi connectivity index (χ4n) is 4.60. The SMILES string of the molecule is CNC(=O)c1c(-c2ccc(F)cc2)oc2nc(CCC(F)(F)F)c(-c3cccc(C(=O)NC(C)(C)C)c3)cc12.Oc1ccc(F)cc1. The first-order valence-electron chi connectivity index (χ1n) is 14.4. The average Bonchev–Trinajstić information content (AvgIpc) is 3.38. The minimum absolute atomic E-state index is 0.0320. The van der Waals surface area contributed by atoms with Gasteiger partial charge in [-0.2, -0.15) is 13.2 Å². The van der Waals surface area contributed by atoms with Crippen molar-refractivity contribution in [3.05, 3.63) is 107 Å². The molecule has 47 heavy (non-hydrogen) atoms. The minimum atomic E-state index is -4.43. The topological polar surface area (TPSA) is 104 Å². The van der Waals surface area contributed by atoms with Gasteiger partial charge in [-0.3, -0.25) is 9.59 Å². The third kappa shape index (κ3) is 9.15. The first kappa shape index (κ1) is 34.6. The fourth-order valence-corrected chi connectivity index (χ4v) is 4.60. The number of nitrogens with one attached hydrogen (secondary N) is 2. The van der Waals surface area contributed by atoms with Gasteiger partial charge in [-0.25, -0.2) is 13.8 Å². The molecule has 0 radical (unpaired) electrons. The second-order valence-corrected chi connectivity index (χ2v) is 11.6. The Kier molecular flexibility index (Phi) is 10.3. The van der Waals surface area contributed by atoms with Gasteiger partial charge in [-0.05, 0) is 99.5 Å². The van der Waals surface area contributed by atoms with Gasteiger partial charge in [0.05, 0.1) is 16.6 Å². The van der Waals surface area contributed by atoms with Crippen molar-refractivity contribution in [2.75, 3.05) is 7.05 Å². The number of fused-ring (bicyclic) bond motifs is 1. The van der Waals surface area contributed by atoms with E-state index < -0.39 is 36.3 Å². The minimum Gasteiger partial charge on any atom is -0.508 e. The summed E-state index contributed by atoms with van der Waals surface area (Å²) in [4.78, 5) is 30.1. The molecule has 5 rings (SSSR count). The predicted octanol–water partition coefficient (Wildman–Crippen LogP) is 8.22. The maximum atomic E-state index is 13.5. The third-order valence-electron chi connectivity index (χ3n) is 6.72. The molecule has 7 nitrogen and oxygen atoms in total. The van der Waals surface area contributed by atoms with Crippen LogP contribution in [-0.4, -0.2) is 40.7 Å². The summed E-state index contributed by atoms with van der Waals surface area (Å²) in [6, 6.07) is 18.3. The standard InChI is InChI=1S/C29H27F4N3O3.C6H5FO/c1-28(2,3)36-25(37)18-7-5-6-17(14-18)20-15-21-23(26(38)34-4)24(16-8-10-19(30)11-9-16)39-27(21)35-22(20)12-13-29(31,32)33;7-5-1-3-6(8)4-2-5/h5-11,14-15H,12-13H2,1-4H3,(H,34,38)(H,36,37);1-4,8H. The Labute approximate surface area is 267 Å². The number of furan rings is 1. The quantitative estimate of drug-likeness (QED) is 0.160. The number of aromatic nitrogens is 1. The zero-order valence-electron chi connectivity index (χ0n) is 25.9. The summed E-state index contributed by atoms with van der Waals surface area (Å²) >= 11 is 0. The maximum absolute atomic E-state index is 13.5. The molecule has 0 spiro atoms. The zero-order chi connectivity index (χ0) is 34.5. The fraction of sp³-hybridized carbons (Fsp3) is 0.229. The molecule has 0 fully saturated rings. The molecule has 0 saturated heterocycles. The van der Waals surface area contributed by atoms with Gasteiger partial charge in [-0.1, -0.05) is 12.1 Å². The number of benzene rings is 3. The number of phenolic OH excluding ortho intramolecular Hbond substituents is 1. The van der Waals surface area contributed by atoms with Gasteiger partial charge in [0.15, 0.2) is 0 Å². The predicted molar refractivity (Wildman–Crippen MR) is 168 cm³/mol. The van der Waals surface area contributed by atoms with Crippen molar-refractivity contribution in [2.24, 2.45) is 0 Å². The molecule has 0 aliphatic heterocycles. The van der Waals surface area contributed by atoms with Gasteiger partial charge < -0.3 is 20.2 Å². The van der Waals surface area contributed by atoms with Crippen molar-refractivity contribution < 1.29 is 41.1 Å². The molecule has 12 heteroatoms. The Balaban J connectivity index is 0.000000546. The molecule has 0 atom stereocenters. The first-order chi connectivity index (χ1) is 22.0. The maximum Gasteiger partial charge on any atom is 0.389 e. The summed E-state index contributed by atoms with van der Waals surface area (Å²) in [7, 11) is 1.43. The van der Waals surface area contributed by atoms with Crippen LogP contribution in [0.4, 0.5) is 22.0 Å². The molecule has 0 aliphatic rings. The number of aromatic hydroxyl groups is 1. The molecule has 3 aromatic carbocycles. The van der Waals surface area contributed by atoms with E-state index in [1.54, 1.807) is 30.3 Å². The van der Waals surface area contributed by atoms with E-state index in [2.05, 4.69) is 15.6 Å². The van der Waals surface area contributed by atoms with Crippen molar-refractivity contribution in [2.45, 2.75) is 45.3 Å². The lowest BCUT2D eigenvalue weighted by Crippen LogP contribution is -2.40. The molecule has 5 aromatic rings. The van der Waals surface area contributed by atoms with E-state index in [1.807, 2.05) is 20.8 Å². The number of hydrogen-bond donors (Lipinski definition) is 3. The lowest BCUT2D eigenvalue weighted by molar-refractivity contribution is -0.134. The number of halogens is 5. The number of amides is 2. The molecule has 0 aliphatic carbocycles. The highest BCUT2D eigenvalue weighted by Crippen LogP contribution is 2.37. The second-order valence-electron chi connectivity index (χ2n) is 11.6. The van der Waals surface area contributed by atoms with Gasteiger partial charge >= 0.3 is 6.18 Å². The monoisotopic (exact) mass is 653 g/mol. The molecular formula is C35H32F5N3O4. The van der Waals surface area contributed by atoms with Crippen LogP contribution in [0.15, 0.2) is 83.3 Å². The van der Waals surface area contributed by atoms with Crippen molar-refractivity contribution in [3.8, 4) is 28.2 Å². The van der Waals surface area contributed by atoms with Crippen LogP contribution in [-0.2, 0) is 6.42 Å². The Morgan fingerprint density at radius 2 is 1.47 bits per heavy atom. The summed E-state index contributed by atoms with van der Waals surface area (Å²) in [6.45, 7) is 5.50. The van der Waals surface area contributed by atoms with Crippen LogP contribution in [0, 0.1) is 11.6 Å². The van der Waals surface area contributed by atoms with E-state index in [4.69, 9.17) is 9.52 Å². The highest BCUT2D eigenvalue weighted by Gasteiger charge is 2.29. The Bertz CT molecular complexity index is 1860. The molecule has 0 saturated carbocycles. The number of aryl methyl sites for hydroxylation is 1. The van der Waals surface area contributed by atoms with Gasteiger partial charge in [0.2, 0.25) is 5.71 Å². The number of hydrogen-bond acceptors (Lipinski definition) is 5. The molecule has 2 heterocycles. The lowest BCUT2D eigenvalue weighted by atomic mass is 9.96. The number of phenols is 1. The van der Waals surface area contributed by atoms with E-state index in [9.17, 15) is 31.5 Å². The van der Waals surface area contributed by atoms with Crippen LogP contribution in [0.1, 0.15) is 53.6 Å². The largest absolute Gasteiger partial charge is 0.508 e. The number of nitrogens with zero attached hydrogens (tertiary/aromatic N) is 1. The molecule has 2 aromatic heterocycles. The Morgan fingerprint density at radius 1 is 0.851 bits per heavy atom. The molecule has 246 valence electrons. The Hall–Kier alpha value is -5.26. The van der Waals surface area contributed by atoms with Crippen LogP contribution in [0.25, 0.3) is 33.6 Å². The van der Waals surface area contributed by atoms with E-state index in [-0.39, 0.29) is 45.6 Å². The summed E-state index contributed by atoms with van der Waals surface area (Å²) in [6.07, 6.45) is -6.01. The Morgan fingerprint density at radius 3 is 2.02 bits per heavy atom. The highest BCUT2D eigenvalue weighted by atomic mass is 19.4. The first-order valence-corrected chi connectivity index (χ1v) is 14.4. The van der Waals surface area contributed by atoms with Gasteiger partial charge in [0, 0.05) is 35.7 Å². The van der Waals surface area contributed by atoms with Crippen molar-refractivity contribution in [1.82, 2.24) is 15.6 Å². The zero-order valence-corrected chi connectivity index (χ0v) is 25.9. The number of pyridine rings is 1.